The van der Waals surface area contributed by atoms with Gasteiger partial charge in [0.2, 0.25) is 0 Å². The van der Waals surface area contributed by atoms with Crippen molar-refractivity contribution in [1.82, 2.24) is 24.9 Å². The fraction of sp³-hybridized carbons (Fsp3) is 0.346. The molecule has 12 heteroatoms. The van der Waals surface area contributed by atoms with E-state index in [4.69, 9.17) is 4.74 Å². The molecule has 2 N–H and O–H groups in total. The van der Waals surface area contributed by atoms with E-state index in [-0.39, 0.29) is 28.6 Å². The average molecular weight is 527 g/mol. The number of carboxylic acids is 1. The van der Waals surface area contributed by atoms with Crippen LogP contribution in [0, 0.1) is 11.2 Å². The molecule has 0 atom stereocenters. The highest BCUT2D eigenvalue weighted by Gasteiger charge is 2.54. The molecule has 2 bridgehead atoms. The molecule has 0 amide bonds. The summed E-state index contributed by atoms with van der Waals surface area (Å²) in [6, 6.07) is 5.41. The lowest BCUT2D eigenvalue weighted by molar-refractivity contribution is -0.163. The van der Waals surface area contributed by atoms with E-state index in [0.29, 0.717) is 55.8 Å². The van der Waals surface area contributed by atoms with Gasteiger partial charge in [-0.2, -0.15) is 13.2 Å². The van der Waals surface area contributed by atoms with Crippen LogP contribution in [-0.2, 0) is 11.0 Å². The van der Waals surface area contributed by atoms with Crippen molar-refractivity contribution in [1.29, 1.82) is 0 Å². The second kappa shape index (κ2) is 8.47. The third-order valence-electron chi connectivity index (χ3n) is 7.79. The summed E-state index contributed by atoms with van der Waals surface area (Å²) in [6.45, 7) is 0. The van der Waals surface area contributed by atoms with E-state index in [2.05, 4.69) is 24.9 Å². The Labute approximate surface area is 213 Å². The van der Waals surface area contributed by atoms with Crippen LogP contribution in [0.25, 0.3) is 33.7 Å². The number of nitrogens with zero attached hydrogens (tertiary/aromatic N) is 4. The molecule has 38 heavy (non-hydrogen) atoms. The van der Waals surface area contributed by atoms with Crippen LogP contribution < -0.4 is 4.74 Å². The van der Waals surface area contributed by atoms with Gasteiger partial charge in [0.05, 0.1) is 16.5 Å². The Kier molecular flexibility index (Phi) is 5.41. The number of halogens is 4. The Morgan fingerprint density at radius 2 is 1.63 bits per heavy atom. The van der Waals surface area contributed by atoms with Crippen LogP contribution >= 0.6 is 0 Å². The molecular weight excluding hydrogens is 506 g/mol. The molecule has 3 aromatic heterocycles. The summed E-state index contributed by atoms with van der Waals surface area (Å²) >= 11 is 0. The van der Waals surface area contributed by atoms with Gasteiger partial charge in [-0.25, -0.2) is 24.3 Å². The van der Waals surface area contributed by atoms with Gasteiger partial charge in [0.25, 0.3) is 0 Å². The average Bonchev–Trinajstić information content (AvgIpc) is 3.32. The van der Waals surface area contributed by atoms with Crippen molar-refractivity contribution >= 4 is 17.1 Å². The number of nitrogens with one attached hydrogen (secondary N) is 1. The van der Waals surface area contributed by atoms with Crippen LogP contribution in [0.2, 0.25) is 0 Å². The summed E-state index contributed by atoms with van der Waals surface area (Å²) in [5.41, 5.74) is -0.842. The number of hydrogen-bond donors (Lipinski definition) is 2. The number of rotatable bonds is 5. The van der Waals surface area contributed by atoms with Crippen molar-refractivity contribution in [2.45, 2.75) is 50.3 Å². The van der Waals surface area contributed by atoms with Gasteiger partial charge in [-0.05, 0) is 62.3 Å². The van der Waals surface area contributed by atoms with Crippen LogP contribution in [0.15, 0.2) is 42.9 Å². The molecular formula is C26H21F4N5O3. The van der Waals surface area contributed by atoms with Gasteiger partial charge in [-0.1, -0.05) is 6.07 Å². The van der Waals surface area contributed by atoms with Crippen molar-refractivity contribution in [3.63, 3.8) is 0 Å². The van der Waals surface area contributed by atoms with E-state index < -0.39 is 34.5 Å². The van der Waals surface area contributed by atoms with E-state index in [1.807, 2.05) is 0 Å². The zero-order valence-corrected chi connectivity index (χ0v) is 19.8. The van der Waals surface area contributed by atoms with Crippen LogP contribution in [0.5, 0.6) is 6.01 Å². The third kappa shape index (κ3) is 4.13. The predicted molar refractivity (Wildman–Crippen MR) is 126 cm³/mol. The van der Waals surface area contributed by atoms with E-state index in [0.717, 1.165) is 6.07 Å². The van der Waals surface area contributed by atoms with E-state index >= 15 is 4.39 Å². The maximum Gasteiger partial charge on any atom is 0.417 e. The number of aromatic amines is 1. The summed E-state index contributed by atoms with van der Waals surface area (Å²) in [4.78, 5) is 30.8. The lowest BCUT2D eigenvalue weighted by atomic mass is 9.58. The fourth-order valence-corrected chi connectivity index (χ4v) is 5.40. The number of fused-ring (bicyclic) bond motifs is 4. The quantitative estimate of drug-likeness (QED) is 0.316. The number of imidazole rings is 1. The van der Waals surface area contributed by atoms with Gasteiger partial charge in [0.15, 0.2) is 5.65 Å². The topological polar surface area (TPSA) is 114 Å². The molecule has 3 fully saturated rings. The van der Waals surface area contributed by atoms with Gasteiger partial charge in [0, 0.05) is 24.2 Å². The number of ether oxygens (including phenoxy) is 1. The van der Waals surface area contributed by atoms with E-state index in [9.17, 15) is 23.1 Å². The highest BCUT2D eigenvalue weighted by atomic mass is 19.4. The summed E-state index contributed by atoms with van der Waals surface area (Å²) < 4.78 is 60.0. The highest BCUT2D eigenvalue weighted by molar-refractivity contribution is 5.77. The van der Waals surface area contributed by atoms with Crippen LogP contribution in [-0.4, -0.2) is 41.6 Å². The first kappa shape index (κ1) is 24.3. The van der Waals surface area contributed by atoms with Crippen LogP contribution in [0.4, 0.5) is 17.6 Å². The zero-order chi connectivity index (χ0) is 26.7. The Balaban J connectivity index is 1.19. The van der Waals surface area contributed by atoms with Crippen molar-refractivity contribution in [2.75, 3.05) is 0 Å². The molecule has 7 rings (SSSR count). The second-order valence-corrected chi connectivity index (χ2v) is 9.99. The number of hydrogen-bond acceptors (Lipinski definition) is 6. The summed E-state index contributed by atoms with van der Waals surface area (Å²) in [7, 11) is 0. The summed E-state index contributed by atoms with van der Waals surface area (Å²) in [5.74, 6) is -1.32. The number of carboxylic acid groups (broad SMARTS) is 1. The number of pyridine rings is 1. The minimum absolute atomic E-state index is 0.0219. The Morgan fingerprint density at radius 1 is 0.947 bits per heavy atom. The van der Waals surface area contributed by atoms with E-state index in [1.54, 1.807) is 6.07 Å². The number of H-pyrrole nitrogens is 1. The molecule has 0 saturated heterocycles. The molecule has 3 heterocycles. The third-order valence-corrected chi connectivity index (χ3v) is 7.79. The lowest BCUT2D eigenvalue weighted by Crippen LogP contribution is -2.52. The first-order chi connectivity index (χ1) is 18.1. The maximum absolute atomic E-state index is 15.0. The number of carbonyl (C=O) groups is 1. The number of alkyl halides is 3. The molecule has 0 spiro atoms. The van der Waals surface area contributed by atoms with Crippen LogP contribution in [0.3, 0.4) is 0 Å². The highest BCUT2D eigenvalue weighted by Crippen LogP contribution is 2.53. The van der Waals surface area contributed by atoms with Gasteiger partial charge in [-0.15, -0.1) is 0 Å². The van der Waals surface area contributed by atoms with Gasteiger partial charge >= 0.3 is 18.2 Å². The first-order valence-corrected chi connectivity index (χ1v) is 12.0. The molecule has 0 unspecified atom stereocenters. The molecule has 3 saturated carbocycles. The predicted octanol–water partition coefficient (Wildman–Crippen LogP) is 5.80. The monoisotopic (exact) mass is 527 g/mol. The number of aliphatic carboxylic acids is 1. The first-order valence-electron chi connectivity index (χ1n) is 12.0. The summed E-state index contributed by atoms with van der Waals surface area (Å²) in [5, 5.41) is 9.56. The molecule has 196 valence electrons. The largest absolute Gasteiger partial charge is 0.481 e. The van der Waals surface area contributed by atoms with E-state index in [1.165, 1.54) is 24.5 Å². The minimum Gasteiger partial charge on any atom is -0.481 e. The molecule has 1 aromatic carbocycles. The lowest BCUT2D eigenvalue weighted by Gasteiger charge is -2.50. The van der Waals surface area contributed by atoms with Gasteiger partial charge in [-0.3, -0.25) is 4.79 Å². The standard InChI is InChI=1S/C26H21F4N5O3/c27-18-9-14(1-2-17(18)20-34-19-10-16(26(28,29)30)13-31-21(19)35-20)15-11-32-23(33-12-15)38-25-6-3-24(4-7-25,5-8-25)22(36)37/h1-2,9-13H,3-8H2,(H,36,37)(H,31,34,35). The second-order valence-electron chi connectivity index (χ2n) is 9.99. The summed E-state index contributed by atoms with van der Waals surface area (Å²) in [6.07, 6.45) is 2.76. The molecule has 3 aliphatic rings. The fourth-order valence-electron chi connectivity index (χ4n) is 5.40. The van der Waals surface area contributed by atoms with Crippen molar-refractivity contribution in [2.24, 2.45) is 5.41 Å². The van der Waals surface area contributed by atoms with Crippen molar-refractivity contribution in [3.8, 4) is 28.5 Å². The van der Waals surface area contributed by atoms with Crippen molar-refractivity contribution in [3.05, 3.63) is 54.2 Å². The Hall–Kier alpha value is -4.09. The smallest absolute Gasteiger partial charge is 0.417 e. The normalized spacial score (nSPS) is 23.1. The SMILES string of the molecule is O=C(O)C12CCC(Oc3ncc(-c4ccc(-c5nc6cc(C(F)(F)F)cnc6[nH]5)c(F)c4)cn3)(CC1)CC2. The molecule has 0 aliphatic heterocycles. The zero-order valence-electron chi connectivity index (χ0n) is 19.8. The molecule has 4 aromatic rings. The maximum atomic E-state index is 15.0. The van der Waals surface area contributed by atoms with Crippen LogP contribution in [0.1, 0.15) is 44.1 Å². The molecule has 8 nitrogen and oxygen atoms in total. The van der Waals surface area contributed by atoms with Gasteiger partial charge in [0.1, 0.15) is 22.8 Å². The molecule has 3 aliphatic carbocycles. The van der Waals surface area contributed by atoms with Gasteiger partial charge < -0.3 is 14.8 Å². The Bertz CT molecular complexity index is 1530. The number of aromatic nitrogens is 5. The van der Waals surface area contributed by atoms with Crippen molar-refractivity contribution < 1.29 is 32.2 Å². The number of benzene rings is 1. The molecule has 0 radical (unpaired) electrons. The Morgan fingerprint density at radius 3 is 2.24 bits per heavy atom. The minimum atomic E-state index is -4.56.